The average Bonchev–Trinajstić information content (AvgIpc) is 3.22. The number of likely N-dealkylation sites (tertiary alicyclic amines) is 1. The van der Waals surface area contributed by atoms with Gasteiger partial charge in [0.2, 0.25) is 0 Å². The molecule has 1 aliphatic heterocycles. The maximum atomic E-state index is 12.6. The molecular weight excluding hydrogens is 380 g/mol. The average molecular weight is 405 g/mol. The number of ether oxygens (including phenoxy) is 1. The van der Waals surface area contributed by atoms with Gasteiger partial charge in [0.15, 0.2) is 11.6 Å². The molecule has 2 aromatic heterocycles. The highest BCUT2D eigenvalue weighted by Gasteiger charge is 2.56. The molecule has 156 valence electrons. The predicted molar refractivity (Wildman–Crippen MR) is 104 cm³/mol. The molecule has 1 aliphatic carbocycles. The summed E-state index contributed by atoms with van der Waals surface area (Å²) in [5.41, 5.74) is 7.86. The fourth-order valence-electron chi connectivity index (χ4n) is 4.31. The number of hydrogen-bond acceptors (Lipinski definition) is 7. The van der Waals surface area contributed by atoms with Crippen LogP contribution in [-0.2, 0) is 6.42 Å². The van der Waals surface area contributed by atoms with E-state index in [0.29, 0.717) is 41.3 Å². The van der Waals surface area contributed by atoms with Gasteiger partial charge < -0.3 is 20.5 Å². The molecule has 29 heavy (non-hydrogen) atoms. The fourth-order valence-corrected chi connectivity index (χ4v) is 4.31. The molecule has 4 rings (SSSR count). The first kappa shape index (κ1) is 19.9. The number of fused-ring (bicyclic) bond motifs is 1. The van der Waals surface area contributed by atoms with Crippen LogP contribution in [0.2, 0.25) is 0 Å². The second-order valence-corrected chi connectivity index (χ2v) is 7.62. The second-order valence-electron chi connectivity index (χ2n) is 7.62. The number of nitrogen functional groups attached to an aromatic ring is 1. The molecule has 3 atom stereocenters. The first-order chi connectivity index (χ1) is 14.0. The first-order valence-corrected chi connectivity index (χ1v) is 9.92. The van der Waals surface area contributed by atoms with Gasteiger partial charge in [0.25, 0.3) is 0 Å². The molecule has 9 heteroatoms. The molecule has 2 aliphatic rings. The Morgan fingerprint density at radius 3 is 2.69 bits per heavy atom. The SMILES string of the molecule is CCc1nc(-c2cnc(N)c(OC(F)F)c2)cc([C@H]2[C@@H]3CN(CCCO)C[C@@H]32)n1. The van der Waals surface area contributed by atoms with Crippen LogP contribution in [0.15, 0.2) is 18.3 Å². The van der Waals surface area contributed by atoms with Crippen molar-refractivity contribution in [2.24, 2.45) is 11.8 Å². The van der Waals surface area contributed by atoms with Crippen molar-refractivity contribution in [3.63, 3.8) is 0 Å². The van der Waals surface area contributed by atoms with Crippen LogP contribution in [0.5, 0.6) is 5.75 Å². The lowest BCUT2D eigenvalue weighted by atomic mass is 10.1. The Labute approximate surface area is 167 Å². The highest BCUT2D eigenvalue weighted by Crippen LogP contribution is 2.57. The first-order valence-electron chi connectivity index (χ1n) is 9.92. The van der Waals surface area contributed by atoms with Gasteiger partial charge in [0.1, 0.15) is 5.82 Å². The standard InChI is InChI=1S/C20H25F2N5O2/c1-2-17-25-14(11-6-16(29-20(21)22)19(23)24-8-11)7-15(26-17)18-12-9-27(4-3-5-28)10-13(12)18/h6-8,12-13,18,20,28H,2-5,9-10H2,1H3,(H2,23,24)/t12-,13+,18+. The number of hydrogen-bond donors (Lipinski definition) is 2. The number of pyridine rings is 1. The Balaban J connectivity index is 1.56. The highest BCUT2D eigenvalue weighted by atomic mass is 19.3. The summed E-state index contributed by atoms with van der Waals surface area (Å²) in [7, 11) is 0. The van der Waals surface area contributed by atoms with Gasteiger partial charge in [-0.1, -0.05) is 6.92 Å². The summed E-state index contributed by atoms with van der Waals surface area (Å²) in [6, 6.07) is 3.38. The van der Waals surface area contributed by atoms with Crippen molar-refractivity contribution in [2.45, 2.75) is 32.3 Å². The predicted octanol–water partition coefficient (Wildman–Crippen LogP) is 2.31. The summed E-state index contributed by atoms with van der Waals surface area (Å²) < 4.78 is 29.7. The molecule has 0 unspecified atom stereocenters. The third-order valence-corrected chi connectivity index (χ3v) is 5.75. The molecule has 0 spiro atoms. The lowest BCUT2D eigenvalue weighted by Crippen LogP contribution is -2.26. The Hall–Kier alpha value is -2.39. The summed E-state index contributed by atoms with van der Waals surface area (Å²) in [4.78, 5) is 15.7. The van der Waals surface area contributed by atoms with Crippen molar-refractivity contribution in [1.29, 1.82) is 0 Å². The van der Waals surface area contributed by atoms with Gasteiger partial charge in [-0.2, -0.15) is 8.78 Å². The quantitative estimate of drug-likeness (QED) is 0.696. The summed E-state index contributed by atoms with van der Waals surface area (Å²) >= 11 is 0. The number of aryl methyl sites for hydroxylation is 1. The third kappa shape index (κ3) is 4.16. The zero-order valence-corrected chi connectivity index (χ0v) is 16.3. The smallest absolute Gasteiger partial charge is 0.387 e. The maximum Gasteiger partial charge on any atom is 0.387 e. The number of nitrogens with zero attached hydrogens (tertiary/aromatic N) is 4. The third-order valence-electron chi connectivity index (χ3n) is 5.75. The van der Waals surface area contributed by atoms with Crippen LogP contribution in [0, 0.1) is 11.8 Å². The Bertz CT molecular complexity index is 870. The number of nitrogens with two attached hydrogens (primary N) is 1. The number of piperidine rings is 1. The van der Waals surface area contributed by atoms with Crippen molar-refractivity contribution in [3.05, 3.63) is 29.8 Å². The minimum Gasteiger partial charge on any atom is -0.431 e. The fraction of sp³-hybridized carbons (Fsp3) is 0.550. The number of aliphatic hydroxyl groups excluding tert-OH is 1. The van der Waals surface area contributed by atoms with E-state index >= 15 is 0 Å². The van der Waals surface area contributed by atoms with Gasteiger partial charge in [-0.05, 0) is 30.4 Å². The molecular formula is C20H25F2N5O2. The van der Waals surface area contributed by atoms with Crippen LogP contribution < -0.4 is 10.5 Å². The molecule has 0 bridgehead atoms. The summed E-state index contributed by atoms with van der Waals surface area (Å²) in [6.45, 7) is 2.20. The van der Waals surface area contributed by atoms with Gasteiger partial charge >= 0.3 is 6.61 Å². The van der Waals surface area contributed by atoms with E-state index in [1.807, 2.05) is 13.0 Å². The van der Waals surface area contributed by atoms with Crippen molar-refractivity contribution in [2.75, 3.05) is 32.0 Å². The molecule has 3 N–H and O–H groups in total. The number of anilines is 1. The second kappa shape index (κ2) is 8.16. The number of alkyl halides is 2. The van der Waals surface area contributed by atoms with E-state index in [0.717, 1.165) is 31.7 Å². The van der Waals surface area contributed by atoms with Crippen molar-refractivity contribution >= 4 is 5.82 Å². The minimum absolute atomic E-state index is 0.0845. The number of aliphatic hydroxyl groups is 1. The number of rotatable bonds is 8. The van der Waals surface area contributed by atoms with E-state index in [4.69, 9.17) is 15.8 Å². The Morgan fingerprint density at radius 2 is 2.03 bits per heavy atom. The van der Waals surface area contributed by atoms with Crippen molar-refractivity contribution in [3.8, 4) is 17.0 Å². The zero-order chi connectivity index (χ0) is 20.5. The molecule has 7 nitrogen and oxygen atoms in total. The Morgan fingerprint density at radius 1 is 1.28 bits per heavy atom. The lowest BCUT2D eigenvalue weighted by Gasteiger charge is -2.19. The van der Waals surface area contributed by atoms with E-state index in [1.54, 1.807) is 0 Å². The zero-order valence-electron chi connectivity index (χ0n) is 16.3. The molecule has 3 heterocycles. The van der Waals surface area contributed by atoms with Gasteiger partial charge in [-0.3, -0.25) is 0 Å². The van der Waals surface area contributed by atoms with Crippen LogP contribution in [0.1, 0.15) is 30.8 Å². The molecule has 1 saturated heterocycles. The number of halogens is 2. The minimum atomic E-state index is -2.97. The van der Waals surface area contributed by atoms with E-state index in [2.05, 4.69) is 19.6 Å². The van der Waals surface area contributed by atoms with Gasteiger partial charge in [0.05, 0.1) is 5.69 Å². The molecule has 2 fully saturated rings. The Kier molecular flexibility index (Phi) is 5.60. The topological polar surface area (TPSA) is 97.4 Å². The normalized spacial score (nSPS) is 23.4. The van der Waals surface area contributed by atoms with Gasteiger partial charge in [-0.15, -0.1) is 0 Å². The highest BCUT2D eigenvalue weighted by molar-refractivity contribution is 5.64. The molecule has 0 aromatic carbocycles. The maximum absolute atomic E-state index is 12.6. The van der Waals surface area contributed by atoms with Crippen LogP contribution in [0.4, 0.5) is 14.6 Å². The summed E-state index contributed by atoms with van der Waals surface area (Å²) in [5.74, 6) is 2.02. The lowest BCUT2D eigenvalue weighted by molar-refractivity contribution is -0.0494. The van der Waals surface area contributed by atoms with Gasteiger partial charge in [-0.25, -0.2) is 15.0 Å². The molecule has 1 saturated carbocycles. The van der Waals surface area contributed by atoms with E-state index in [1.165, 1.54) is 12.3 Å². The summed E-state index contributed by atoms with van der Waals surface area (Å²) in [5, 5.41) is 9.01. The molecule has 0 radical (unpaired) electrons. The van der Waals surface area contributed by atoms with E-state index < -0.39 is 6.61 Å². The van der Waals surface area contributed by atoms with Crippen molar-refractivity contribution in [1.82, 2.24) is 19.9 Å². The van der Waals surface area contributed by atoms with Gasteiger partial charge in [0, 0.05) is 56.0 Å². The monoisotopic (exact) mass is 405 g/mol. The van der Waals surface area contributed by atoms with Crippen LogP contribution in [-0.4, -0.2) is 57.8 Å². The largest absolute Gasteiger partial charge is 0.431 e. The number of aromatic nitrogens is 3. The summed E-state index contributed by atoms with van der Waals surface area (Å²) in [6.07, 6.45) is 2.99. The van der Waals surface area contributed by atoms with E-state index in [9.17, 15) is 8.78 Å². The van der Waals surface area contributed by atoms with Crippen LogP contribution in [0.25, 0.3) is 11.3 Å². The van der Waals surface area contributed by atoms with E-state index in [-0.39, 0.29) is 18.2 Å². The van der Waals surface area contributed by atoms with Crippen LogP contribution in [0.3, 0.4) is 0 Å². The van der Waals surface area contributed by atoms with Crippen LogP contribution >= 0.6 is 0 Å². The molecule has 2 aromatic rings. The van der Waals surface area contributed by atoms with Crippen molar-refractivity contribution < 1.29 is 18.6 Å². The molecule has 0 amide bonds.